The summed E-state index contributed by atoms with van der Waals surface area (Å²) in [7, 11) is 0. The van der Waals surface area contributed by atoms with Gasteiger partial charge in [0, 0.05) is 24.7 Å². The van der Waals surface area contributed by atoms with Gasteiger partial charge in [-0.1, -0.05) is 42.0 Å². The number of hydrogen-bond acceptors (Lipinski definition) is 2. The summed E-state index contributed by atoms with van der Waals surface area (Å²) in [6.45, 7) is 3.18. The second-order valence-electron chi connectivity index (χ2n) is 6.22. The van der Waals surface area contributed by atoms with Gasteiger partial charge >= 0.3 is 0 Å². The fourth-order valence-electron chi connectivity index (χ4n) is 3.28. The number of carbonyl (C=O) groups excluding carboxylic acids is 1. The maximum Gasteiger partial charge on any atom is 0.122 e. The van der Waals surface area contributed by atoms with Crippen LogP contribution in [0.3, 0.4) is 0 Å². The summed E-state index contributed by atoms with van der Waals surface area (Å²) >= 11 is 0. The maximum absolute atomic E-state index is 10.8. The van der Waals surface area contributed by atoms with Crippen molar-refractivity contribution in [2.24, 2.45) is 0 Å². The number of aryl methyl sites for hydroxylation is 1. The Labute approximate surface area is 132 Å². The topological polar surface area (TPSA) is 20.3 Å². The molecule has 0 bridgehead atoms. The van der Waals surface area contributed by atoms with Gasteiger partial charge in [-0.05, 0) is 49.4 Å². The number of carbonyl (C=O) groups is 1. The van der Waals surface area contributed by atoms with E-state index in [-0.39, 0.29) is 0 Å². The van der Waals surface area contributed by atoms with Gasteiger partial charge in [-0.3, -0.25) is 0 Å². The van der Waals surface area contributed by atoms with E-state index in [0.29, 0.717) is 12.5 Å². The minimum atomic E-state index is 0.389. The van der Waals surface area contributed by atoms with Crippen molar-refractivity contribution < 1.29 is 4.79 Å². The Hall–Kier alpha value is -2.09. The fraction of sp³-hybridized carbons (Fsp3) is 0.350. The summed E-state index contributed by atoms with van der Waals surface area (Å²) in [5.74, 6) is 0. The molecule has 2 heteroatoms. The van der Waals surface area contributed by atoms with Crippen LogP contribution in [0.15, 0.2) is 48.5 Å². The minimum absolute atomic E-state index is 0.389. The zero-order valence-corrected chi connectivity index (χ0v) is 13.2. The lowest BCUT2D eigenvalue weighted by atomic mass is 10.0. The molecule has 1 aliphatic heterocycles. The lowest BCUT2D eigenvalue weighted by Gasteiger charge is -2.25. The number of hydrogen-bond donors (Lipinski definition) is 0. The first-order chi connectivity index (χ1) is 10.8. The van der Waals surface area contributed by atoms with Gasteiger partial charge in [0.1, 0.15) is 6.29 Å². The lowest BCUT2D eigenvalue weighted by molar-refractivity contribution is -0.108. The average Bonchev–Trinajstić information content (AvgIpc) is 2.99. The van der Waals surface area contributed by atoms with Crippen LogP contribution >= 0.6 is 0 Å². The summed E-state index contributed by atoms with van der Waals surface area (Å²) in [4.78, 5) is 13.2. The number of nitrogens with zero attached hydrogens (tertiary/aromatic N) is 1. The van der Waals surface area contributed by atoms with E-state index >= 15 is 0 Å². The van der Waals surface area contributed by atoms with E-state index in [2.05, 4.69) is 60.4 Å². The Balaban J connectivity index is 1.69. The molecule has 2 aromatic rings. The first kappa shape index (κ1) is 14.8. The molecule has 114 valence electrons. The van der Waals surface area contributed by atoms with Gasteiger partial charge in [0.15, 0.2) is 0 Å². The van der Waals surface area contributed by atoms with E-state index in [9.17, 15) is 4.79 Å². The molecule has 22 heavy (non-hydrogen) atoms. The zero-order valence-electron chi connectivity index (χ0n) is 13.2. The van der Waals surface area contributed by atoms with Gasteiger partial charge in [0.2, 0.25) is 0 Å². The van der Waals surface area contributed by atoms with Crippen molar-refractivity contribution in [3.8, 4) is 0 Å². The molecule has 2 aromatic carbocycles. The van der Waals surface area contributed by atoms with Crippen LogP contribution in [-0.4, -0.2) is 18.9 Å². The van der Waals surface area contributed by atoms with Crippen LogP contribution in [-0.2, 0) is 11.2 Å². The normalized spacial score (nSPS) is 17.7. The third-order valence-corrected chi connectivity index (χ3v) is 4.54. The van der Waals surface area contributed by atoms with Crippen molar-refractivity contribution in [2.45, 2.75) is 38.6 Å². The van der Waals surface area contributed by atoms with Gasteiger partial charge < -0.3 is 9.69 Å². The number of rotatable bonds is 5. The Kier molecular flexibility index (Phi) is 4.57. The van der Waals surface area contributed by atoms with Crippen LogP contribution in [0, 0.1) is 6.92 Å². The largest absolute Gasteiger partial charge is 0.368 e. The summed E-state index contributed by atoms with van der Waals surface area (Å²) in [5, 5.41) is 0. The Morgan fingerprint density at radius 1 is 1.05 bits per heavy atom. The summed E-state index contributed by atoms with van der Waals surface area (Å²) in [5.41, 5.74) is 5.23. The molecule has 2 nitrogen and oxygen atoms in total. The van der Waals surface area contributed by atoms with E-state index < -0.39 is 0 Å². The molecule has 1 unspecified atom stereocenters. The molecule has 0 amide bonds. The predicted octanol–water partition coefficient (Wildman–Crippen LogP) is 4.14. The highest BCUT2D eigenvalue weighted by atomic mass is 16.1. The zero-order chi connectivity index (χ0) is 15.4. The second kappa shape index (κ2) is 6.78. The van der Waals surface area contributed by atoms with Gasteiger partial charge in [-0.2, -0.15) is 0 Å². The number of aldehydes is 1. The van der Waals surface area contributed by atoms with Crippen molar-refractivity contribution in [1.29, 1.82) is 0 Å². The number of anilines is 1. The molecule has 0 aliphatic carbocycles. The van der Waals surface area contributed by atoms with Crippen molar-refractivity contribution in [3.05, 3.63) is 65.2 Å². The van der Waals surface area contributed by atoms with Gasteiger partial charge in [-0.25, -0.2) is 0 Å². The van der Waals surface area contributed by atoms with Crippen molar-refractivity contribution in [2.75, 3.05) is 11.4 Å². The Morgan fingerprint density at radius 2 is 1.68 bits per heavy atom. The highest BCUT2D eigenvalue weighted by Gasteiger charge is 2.23. The second-order valence-corrected chi connectivity index (χ2v) is 6.22. The minimum Gasteiger partial charge on any atom is -0.368 e. The van der Waals surface area contributed by atoms with Crippen LogP contribution in [0.1, 0.15) is 36.0 Å². The molecule has 3 rings (SSSR count). The Bertz CT molecular complexity index is 615. The molecule has 0 N–H and O–H groups in total. The monoisotopic (exact) mass is 293 g/mol. The highest BCUT2D eigenvalue weighted by Crippen LogP contribution is 2.27. The molecule has 0 aromatic heterocycles. The fourth-order valence-corrected chi connectivity index (χ4v) is 3.28. The molecule has 0 spiro atoms. The summed E-state index contributed by atoms with van der Waals surface area (Å²) < 4.78 is 0. The standard InChI is InChI=1S/C20H23NO/c1-16-4-6-17(7-5-16)15-18-8-10-20(11-9-18)21-13-2-3-19(21)12-14-22/h4-11,14,19H,2-3,12-13,15H2,1H3. The van der Waals surface area contributed by atoms with Crippen LogP contribution in [0.4, 0.5) is 5.69 Å². The van der Waals surface area contributed by atoms with Crippen LogP contribution in [0.5, 0.6) is 0 Å². The molecular weight excluding hydrogens is 270 g/mol. The van der Waals surface area contributed by atoms with Gasteiger partial charge in [-0.15, -0.1) is 0 Å². The third-order valence-electron chi connectivity index (χ3n) is 4.54. The predicted molar refractivity (Wildman–Crippen MR) is 91.5 cm³/mol. The molecule has 1 atom stereocenters. The molecule has 0 radical (unpaired) electrons. The molecular formula is C20H23NO. The SMILES string of the molecule is Cc1ccc(Cc2ccc(N3CCCC3CC=O)cc2)cc1. The van der Waals surface area contributed by atoms with E-state index in [0.717, 1.165) is 25.7 Å². The third kappa shape index (κ3) is 3.38. The van der Waals surface area contributed by atoms with Crippen molar-refractivity contribution in [1.82, 2.24) is 0 Å². The smallest absolute Gasteiger partial charge is 0.122 e. The molecule has 1 aliphatic rings. The first-order valence-corrected chi connectivity index (χ1v) is 8.11. The molecule has 1 fully saturated rings. The molecule has 1 heterocycles. The Morgan fingerprint density at radius 3 is 2.32 bits per heavy atom. The van der Waals surface area contributed by atoms with Crippen LogP contribution < -0.4 is 4.90 Å². The van der Waals surface area contributed by atoms with E-state index in [1.54, 1.807) is 0 Å². The summed E-state index contributed by atoms with van der Waals surface area (Å²) in [6, 6.07) is 17.9. The quantitative estimate of drug-likeness (QED) is 0.772. The number of benzene rings is 2. The van der Waals surface area contributed by atoms with Crippen molar-refractivity contribution in [3.63, 3.8) is 0 Å². The van der Waals surface area contributed by atoms with Gasteiger partial charge in [0.05, 0.1) is 0 Å². The van der Waals surface area contributed by atoms with E-state index in [1.807, 2.05) is 0 Å². The van der Waals surface area contributed by atoms with Crippen LogP contribution in [0.2, 0.25) is 0 Å². The van der Waals surface area contributed by atoms with Crippen molar-refractivity contribution >= 4 is 12.0 Å². The highest BCUT2D eigenvalue weighted by molar-refractivity contribution is 5.56. The first-order valence-electron chi connectivity index (χ1n) is 8.11. The van der Waals surface area contributed by atoms with Gasteiger partial charge in [0.25, 0.3) is 0 Å². The maximum atomic E-state index is 10.8. The summed E-state index contributed by atoms with van der Waals surface area (Å²) in [6.07, 6.45) is 4.98. The average molecular weight is 293 g/mol. The van der Waals surface area contributed by atoms with E-state index in [1.165, 1.54) is 28.8 Å². The van der Waals surface area contributed by atoms with Crippen LogP contribution in [0.25, 0.3) is 0 Å². The molecule has 0 saturated carbocycles. The lowest BCUT2D eigenvalue weighted by Crippen LogP contribution is -2.29. The molecule has 1 saturated heterocycles. The van der Waals surface area contributed by atoms with E-state index in [4.69, 9.17) is 0 Å².